The van der Waals surface area contributed by atoms with Gasteiger partial charge >= 0.3 is 0 Å². The normalized spacial score (nSPS) is 22.5. The van der Waals surface area contributed by atoms with Gasteiger partial charge in [-0.05, 0) is 18.3 Å². The van der Waals surface area contributed by atoms with E-state index in [2.05, 4.69) is 34.4 Å². The van der Waals surface area contributed by atoms with E-state index < -0.39 is 0 Å². The Balaban J connectivity index is 2.18. The van der Waals surface area contributed by atoms with E-state index >= 15 is 0 Å². The minimum absolute atomic E-state index is 0.300. The molecule has 2 N–H and O–H groups in total. The molecule has 0 bridgehead atoms. The molecule has 0 radical (unpaired) electrons. The van der Waals surface area contributed by atoms with Crippen LogP contribution in [0.4, 0.5) is 11.8 Å². The molecule has 1 aliphatic carbocycles. The Morgan fingerprint density at radius 2 is 2.24 bits per heavy atom. The second-order valence-corrected chi connectivity index (χ2v) is 5.63. The third-order valence-electron chi connectivity index (χ3n) is 3.54. The van der Waals surface area contributed by atoms with Gasteiger partial charge in [0.25, 0.3) is 0 Å². The highest BCUT2D eigenvalue weighted by molar-refractivity contribution is 6.32. The van der Waals surface area contributed by atoms with Crippen LogP contribution in [-0.4, -0.2) is 23.1 Å². The van der Waals surface area contributed by atoms with Crippen LogP contribution in [0.2, 0.25) is 5.02 Å². The van der Waals surface area contributed by atoms with Crippen LogP contribution in [0, 0.1) is 5.41 Å². The molecular formula is C12H19ClN4. The van der Waals surface area contributed by atoms with Gasteiger partial charge in [-0.3, -0.25) is 0 Å². The van der Waals surface area contributed by atoms with E-state index in [1.807, 2.05) is 0 Å². The zero-order valence-electron chi connectivity index (χ0n) is 10.5. The molecule has 1 aromatic heterocycles. The van der Waals surface area contributed by atoms with Gasteiger partial charge in [0.05, 0.1) is 6.20 Å². The Kier molecular flexibility index (Phi) is 3.43. The van der Waals surface area contributed by atoms with Crippen LogP contribution in [-0.2, 0) is 0 Å². The van der Waals surface area contributed by atoms with Crippen molar-refractivity contribution in [3.8, 4) is 0 Å². The van der Waals surface area contributed by atoms with E-state index in [4.69, 9.17) is 11.6 Å². The molecule has 0 saturated heterocycles. The predicted octanol–water partition coefficient (Wildman–Crippen LogP) is 3.16. The molecule has 1 aromatic rings. The van der Waals surface area contributed by atoms with Gasteiger partial charge in [0, 0.05) is 13.1 Å². The number of hydrogen-bond donors (Lipinski definition) is 2. The van der Waals surface area contributed by atoms with Crippen LogP contribution < -0.4 is 10.6 Å². The largest absolute Gasteiger partial charge is 0.365 e. The van der Waals surface area contributed by atoms with Crippen molar-refractivity contribution in [1.82, 2.24) is 9.97 Å². The molecule has 1 unspecified atom stereocenters. The molecule has 1 aliphatic rings. The van der Waals surface area contributed by atoms with Crippen LogP contribution >= 0.6 is 11.6 Å². The van der Waals surface area contributed by atoms with Gasteiger partial charge < -0.3 is 10.6 Å². The predicted molar refractivity (Wildman–Crippen MR) is 71.6 cm³/mol. The molecular weight excluding hydrogens is 236 g/mol. The number of anilines is 2. The smallest absolute Gasteiger partial charge is 0.224 e. The van der Waals surface area contributed by atoms with E-state index in [1.165, 1.54) is 19.3 Å². The van der Waals surface area contributed by atoms with Gasteiger partial charge in [0.15, 0.2) is 5.82 Å². The Morgan fingerprint density at radius 3 is 2.82 bits per heavy atom. The van der Waals surface area contributed by atoms with E-state index in [0.29, 0.717) is 22.4 Å². The standard InChI is InChI=1S/C12H19ClN4/c1-12(2)6-4-5-9(12)16-10-8(13)7-15-11(14-3)17-10/h7,9H,4-6H2,1-3H3,(H2,14,15,16,17). The first-order valence-electron chi connectivity index (χ1n) is 6.00. The summed E-state index contributed by atoms with van der Waals surface area (Å²) < 4.78 is 0. The highest BCUT2D eigenvalue weighted by atomic mass is 35.5. The number of nitrogens with one attached hydrogen (secondary N) is 2. The highest BCUT2D eigenvalue weighted by Crippen LogP contribution is 2.39. The minimum Gasteiger partial charge on any atom is -0.365 e. The van der Waals surface area contributed by atoms with E-state index in [0.717, 1.165) is 5.82 Å². The lowest BCUT2D eigenvalue weighted by Crippen LogP contribution is -2.31. The fraction of sp³-hybridized carbons (Fsp3) is 0.667. The average molecular weight is 255 g/mol. The topological polar surface area (TPSA) is 49.8 Å². The summed E-state index contributed by atoms with van der Waals surface area (Å²) >= 11 is 6.11. The molecule has 0 spiro atoms. The molecule has 1 atom stereocenters. The van der Waals surface area contributed by atoms with E-state index in [-0.39, 0.29) is 0 Å². The second kappa shape index (κ2) is 4.69. The molecule has 5 heteroatoms. The minimum atomic E-state index is 0.300. The Morgan fingerprint density at radius 1 is 1.47 bits per heavy atom. The highest BCUT2D eigenvalue weighted by Gasteiger charge is 2.34. The second-order valence-electron chi connectivity index (χ2n) is 5.22. The molecule has 1 saturated carbocycles. The van der Waals surface area contributed by atoms with Gasteiger partial charge in [-0.15, -0.1) is 0 Å². The van der Waals surface area contributed by atoms with E-state index in [1.54, 1.807) is 13.2 Å². The zero-order valence-corrected chi connectivity index (χ0v) is 11.3. The van der Waals surface area contributed by atoms with Crippen molar-refractivity contribution in [2.45, 2.75) is 39.2 Å². The summed E-state index contributed by atoms with van der Waals surface area (Å²) in [6.45, 7) is 4.57. The lowest BCUT2D eigenvalue weighted by atomic mass is 9.87. The molecule has 0 amide bonds. The summed E-state index contributed by atoms with van der Waals surface area (Å²) in [6, 6.07) is 0.430. The fourth-order valence-corrected chi connectivity index (χ4v) is 2.49. The summed E-state index contributed by atoms with van der Waals surface area (Å²) in [7, 11) is 1.80. The molecule has 94 valence electrons. The molecule has 1 heterocycles. The van der Waals surface area contributed by atoms with Gasteiger partial charge in [-0.2, -0.15) is 4.98 Å². The van der Waals surface area contributed by atoms with Crippen LogP contribution in [0.5, 0.6) is 0 Å². The average Bonchev–Trinajstić information content (AvgIpc) is 2.61. The van der Waals surface area contributed by atoms with E-state index in [9.17, 15) is 0 Å². The molecule has 0 aliphatic heterocycles. The van der Waals surface area contributed by atoms with Crippen LogP contribution in [0.1, 0.15) is 33.1 Å². The van der Waals surface area contributed by atoms with Crippen molar-refractivity contribution in [2.75, 3.05) is 17.7 Å². The lowest BCUT2D eigenvalue weighted by Gasteiger charge is -2.28. The Hall–Kier alpha value is -1.03. The summed E-state index contributed by atoms with van der Waals surface area (Å²) in [4.78, 5) is 8.43. The summed E-state index contributed by atoms with van der Waals surface area (Å²) in [5.74, 6) is 1.32. The molecule has 17 heavy (non-hydrogen) atoms. The summed E-state index contributed by atoms with van der Waals surface area (Å²) in [5.41, 5.74) is 0.300. The molecule has 4 nitrogen and oxygen atoms in total. The molecule has 1 fully saturated rings. The maximum Gasteiger partial charge on any atom is 0.224 e. The third-order valence-corrected chi connectivity index (χ3v) is 3.81. The van der Waals surface area contributed by atoms with Gasteiger partial charge in [-0.25, -0.2) is 4.98 Å². The quantitative estimate of drug-likeness (QED) is 0.870. The van der Waals surface area contributed by atoms with Crippen molar-refractivity contribution >= 4 is 23.4 Å². The van der Waals surface area contributed by atoms with Crippen LogP contribution in [0.3, 0.4) is 0 Å². The fourth-order valence-electron chi connectivity index (χ4n) is 2.35. The van der Waals surface area contributed by atoms with Gasteiger partial charge in [0.2, 0.25) is 5.95 Å². The maximum absolute atomic E-state index is 6.11. The number of hydrogen-bond acceptors (Lipinski definition) is 4. The Labute approximate surface area is 107 Å². The number of aromatic nitrogens is 2. The summed E-state index contributed by atoms with van der Waals surface area (Å²) in [6.07, 6.45) is 5.30. The SMILES string of the molecule is CNc1ncc(Cl)c(NC2CCCC2(C)C)n1. The van der Waals surface area contributed by atoms with Crippen molar-refractivity contribution in [1.29, 1.82) is 0 Å². The van der Waals surface area contributed by atoms with Crippen molar-refractivity contribution < 1.29 is 0 Å². The van der Waals surface area contributed by atoms with Gasteiger partial charge in [-0.1, -0.05) is 31.9 Å². The number of halogens is 1. The van der Waals surface area contributed by atoms with Crippen LogP contribution in [0.15, 0.2) is 6.20 Å². The van der Waals surface area contributed by atoms with Crippen molar-refractivity contribution in [2.24, 2.45) is 5.41 Å². The van der Waals surface area contributed by atoms with Crippen molar-refractivity contribution in [3.63, 3.8) is 0 Å². The first-order valence-corrected chi connectivity index (χ1v) is 6.37. The van der Waals surface area contributed by atoms with Crippen molar-refractivity contribution in [3.05, 3.63) is 11.2 Å². The maximum atomic E-state index is 6.11. The first kappa shape index (κ1) is 12.4. The number of rotatable bonds is 3. The monoisotopic (exact) mass is 254 g/mol. The number of nitrogens with zero attached hydrogens (tertiary/aromatic N) is 2. The lowest BCUT2D eigenvalue weighted by molar-refractivity contribution is 0.349. The molecule has 2 rings (SSSR count). The van der Waals surface area contributed by atoms with Crippen LogP contribution in [0.25, 0.3) is 0 Å². The zero-order chi connectivity index (χ0) is 12.5. The third kappa shape index (κ3) is 2.63. The molecule has 0 aromatic carbocycles. The van der Waals surface area contributed by atoms with Gasteiger partial charge in [0.1, 0.15) is 5.02 Å². The first-order chi connectivity index (χ1) is 8.03. The summed E-state index contributed by atoms with van der Waals surface area (Å²) in [5, 5.41) is 6.95. The Bertz CT molecular complexity index is 405.